The Hall–Kier alpha value is -0.120. The van der Waals surface area contributed by atoms with Crippen molar-refractivity contribution < 1.29 is 14.2 Å². The zero-order valence-electron chi connectivity index (χ0n) is 17.7. The van der Waals surface area contributed by atoms with Gasteiger partial charge in [0.2, 0.25) is 0 Å². The number of rotatable bonds is 20. The second-order valence-corrected chi connectivity index (χ2v) is 7.44. The van der Waals surface area contributed by atoms with Crippen LogP contribution in [0.15, 0.2) is 0 Å². The lowest BCUT2D eigenvalue weighted by Crippen LogP contribution is -2.24. The lowest BCUT2D eigenvalue weighted by Gasteiger charge is -2.18. The first-order valence-electron chi connectivity index (χ1n) is 11.0. The van der Waals surface area contributed by atoms with Crippen molar-refractivity contribution in [2.24, 2.45) is 0 Å². The van der Waals surface area contributed by atoms with Crippen LogP contribution in [0.3, 0.4) is 0 Å². The lowest BCUT2D eigenvalue weighted by molar-refractivity contribution is -0.0577. The Labute approximate surface area is 158 Å². The van der Waals surface area contributed by atoms with Crippen LogP contribution in [0.2, 0.25) is 0 Å². The van der Waals surface area contributed by atoms with Crippen LogP contribution in [0.25, 0.3) is 0 Å². The summed E-state index contributed by atoms with van der Waals surface area (Å²) >= 11 is 0. The van der Waals surface area contributed by atoms with Gasteiger partial charge in [-0.1, -0.05) is 78.1 Å². The maximum Gasteiger partial charge on any atom is 0.0781 e. The summed E-state index contributed by atoms with van der Waals surface area (Å²) in [5.74, 6) is 0. The molecule has 0 aliphatic rings. The Balaban J connectivity index is 3.30. The fraction of sp³-hybridized carbons (Fsp3) is 1.00. The zero-order valence-corrected chi connectivity index (χ0v) is 17.7. The van der Waals surface area contributed by atoms with Gasteiger partial charge in [-0.05, 0) is 26.7 Å². The van der Waals surface area contributed by atoms with Crippen LogP contribution in [0, 0.1) is 0 Å². The number of hydrogen-bond acceptors (Lipinski definition) is 3. The van der Waals surface area contributed by atoms with Gasteiger partial charge < -0.3 is 14.2 Å². The van der Waals surface area contributed by atoms with Gasteiger partial charge in [0.05, 0.1) is 25.4 Å². The summed E-state index contributed by atoms with van der Waals surface area (Å²) in [5, 5.41) is 0. The number of unbranched alkanes of at least 4 members (excludes halogenated alkanes) is 10. The first-order valence-corrected chi connectivity index (χ1v) is 11.0. The molecule has 2 unspecified atom stereocenters. The van der Waals surface area contributed by atoms with Gasteiger partial charge in [0.15, 0.2) is 0 Å². The Kier molecular flexibility index (Phi) is 20.1. The molecule has 0 aromatic heterocycles. The van der Waals surface area contributed by atoms with Gasteiger partial charge in [-0.3, -0.25) is 0 Å². The van der Waals surface area contributed by atoms with E-state index in [-0.39, 0.29) is 12.2 Å². The van der Waals surface area contributed by atoms with Gasteiger partial charge in [-0.25, -0.2) is 0 Å². The normalized spacial score (nSPS) is 13.9. The molecule has 0 saturated carbocycles. The van der Waals surface area contributed by atoms with Crippen LogP contribution in [0.1, 0.15) is 105 Å². The molecule has 0 rings (SSSR count). The van der Waals surface area contributed by atoms with Crippen molar-refractivity contribution in [3.8, 4) is 0 Å². The monoisotopic (exact) mass is 358 g/mol. The molecular weight excluding hydrogens is 312 g/mol. The lowest BCUT2D eigenvalue weighted by atomic mass is 10.1. The second kappa shape index (κ2) is 20.2. The molecule has 25 heavy (non-hydrogen) atoms. The molecule has 0 aliphatic heterocycles. The summed E-state index contributed by atoms with van der Waals surface area (Å²) < 4.78 is 17.4. The molecule has 0 radical (unpaired) electrons. The highest BCUT2D eigenvalue weighted by Gasteiger charge is 2.07. The van der Waals surface area contributed by atoms with Crippen LogP contribution < -0.4 is 0 Å². The van der Waals surface area contributed by atoms with Crippen LogP contribution in [-0.4, -0.2) is 38.6 Å². The Bertz CT molecular complexity index is 245. The molecule has 0 aliphatic carbocycles. The van der Waals surface area contributed by atoms with Crippen molar-refractivity contribution in [1.29, 1.82) is 0 Å². The summed E-state index contributed by atoms with van der Waals surface area (Å²) in [6.07, 6.45) is 16.0. The third kappa shape index (κ3) is 20.0. The van der Waals surface area contributed by atoms with E-state index in [1.54, 1.807) is 0 Å². The molecule has 3 nitrogen and oxygen atoms in total. The predicted octanol–water partition coefficient (Wildman–Crippen LogP) is 6.53. The van der Waals surface area contributed by atoms with Crippen LogP contribution in [0.4, 0.5) is 0 Å². The fourth-order valence-corrected chi connectivity index (χ4v) is 2.80. The SMILES string of the molecule is CCCCCCCCOCC(C)OCC(C)OCCCCCCCC. The van der Waals surface area contributed by atoms with E-state index in [2.05, 4.69) is 27.7 Å². The predicted molar refractivity (Wildman–Crippen MR) is 108 cm³/mol. The van der Waals surface area contributed by atoms with Crippen molar-refractivity contribution in [2.75, 3.05) is 26.4 Å². The van der Waals surface area contributed by atoms with E-state index in [0.29, 0.717) is 13.2 Å². The standard InChI is InChI=1S/C22H46O3/c1-5-7-9-11-13-15-17-23-19-21(3)25-20-22(4)24-18-16-14-12-10-8-6-2/h21-22H,5-20H2,1-4H3. The van der Waals surface area contributed by atoms with Crippen molar-refractivity contribution in [3.63, 3.8) is 0 Å². The van der Waals surface area contributed by atoms with Gasteiger partial charge in [-0.15, -0.1) is 0 Å². The summed E-state index contributed by atoms with van der Waals surface area (Å²) in [6, 6.07) is 0. The second-order valence-electron chi connectivity index (χ2n) is 7.44. The van der Waals surface area contributed by atoms with E-state index in [9.17, 15) is 0 Å². The van der Waals surface area contributed by atoms with Crippen molar-refractivity contribution >= 4 is 0 Å². The molecule has 0 N–H and O–H groups in total. The summed E-state index contributed by atoms with van der Waals surface area (Å²) in [5.41, 5.74) is 0. The van der Waals surface area contributed by atoms with Gasteiger partial charge in [0, 0.05) is 13.2 Å². The molecule has 0 aromatic carbocycles. The maximum absolute atomic E-state index is 5.82. The van der Waals surface area contributed by atoms with Gasteiger partial charge in [0.25, 0.3) is 0 Å². The maximum atomic E-state index is 5.82. The first kappa shape index (κ1) is 24.9. The highest BCUT2D eigenvalue weighted by molar-refractivity contribution is 4.53. The van der Waals surface area contributed by atoms with Gasteiger partial charge >= 0.3 is 0 Å². The molecule has 152 valence electrons. The smallest absolute Gasteiger partial charge is 0.0781 e. The van der Waals surface area contributed by atoms with Crippen molar-refractivity contribution in [3.05, 3.63) is 0 Å². The van der Waals surface area contributed by atoms with Crippen LogP contribution in [0.5, 0.6) is 0 Å². The summed E-state index contributed by atoms with van der Waals surface area (Å²) in [4.78, 5) is 0. The van der Waals surface area contributed by atoms with E-state index in [4.69, 9.17) is 14.2 Å². The van der Waals surface area contributed by atoms with Crippen LogP contribution in [-0.2, 0) is 14.2 Å². The minimum absolute atomic E-state index is 0.153. The van der Waals surface area contributed by atoms with E-state index in [1.807, 2.05) is 0 Å². The molecule has 0 aromatic rings. The number of ether oxygens (including phenoxy) is 3. The van der Waals surface area contributed by atoms with Crippen LogP contribution >= 0.6 is 0 Å². The molecule has 0 spiro atoms. The molecule has 0 saturated heterocycles. The molecule has 0 heterocycles. The molecule has 2 atom stereocenters. The molecular formula is C22H46O3. The fourth-order valence-electron chi connectivity index (χ4n) is 2.80. The molecule has 0 fully saturated rings. The average Bonchev–Trinajstić information content (AvgIpc) is 2.61. The average molecular weight is 359 g/mol. The van der Waals surface area contributed by atoms with Crippen molar-refractivity contribution in [1.82, 2.24) is 0 Å². The van der Waals surface area contributed by atoms with Gasteiger partial charge in [-0.2, -0.15) is 0 Å². The minimum Gasteiger partial charge on any atom is -0.379 e. The van der Waals surface area contributed by atoms with E-state index in [0.717, 1.165) is 13.2 Å². The quantitative estimate of drug-likeness (QED) is 0.231. The largest absolute Gasteiger partial charge is 0.379 e. The van der Waals surface area contributed by atoms with Crippen molar-refractivity contribution in [2.45, 2.75) is 117 Å². The Morgan fingerprint density at radius 3 is 1.60 bits per heavy atom. The highest BCUT2D eigenvalue weighted by atomic mass is 16.6. The van der Waals surface area contributed by atoms with E-state index >= 15 is 0 Å². The van der Waals surface area contributed by atoms with Gasteiger partial charge in [0.1, 0.15) is 0 Å². The summed E-state index contributed by atoms with van der Waals surface area (Å²) in [7, 11) is 0. The molecule has 0 bridgehead atoms. The molecule has 3 heteroatoms. The number of hydrogen-bond donors (Lipinski definition) is 0. The molecule has 0 amide bonds. The topological polar surface area (TPSA) is 27.7 Å². The summed E-state index contributed by atoms with van der Waals surface area (Å²) in [6.45, 7) is 11.8. The third-order valence-corrected chi connectivity index (χ3v) is 4.51. The van der Waals surface area contributed by atoms with E-state index in [1.165, 1.54) is 77.0 Å². The zero-order chi connectivity index (χ0) is 18.6. The first-order chi connectivity index (χ1) is 12.2. The van der Waals surface area contributed by atoms with E-state index < -0.39 is 0 Å². The minimum atomic E-state index is 0.153. The third-order valence-electron chi connectivity index (χ3n) is 4.51. The Morgan fingerprint density at radius 2 is 1.00 bits per heavy atom. The Morgan fingerprint density at radius 1 is 0.520 bits per heavy atom. The highest BCUT2D eigenvalue weighted by Crippen LogP contribution is 2.07.